The summed E-state index contributed by atoms with van der Waals surface area (Å²) >= 11 is 0. The van der Waals surface area contributed by atoms with Crippen LogP contribution < -0.4 is 15.4 Å². The van der Waals surface area contributed by atoms with Crippen LogP contribution in [0.3, 0.4) is 0 Å². The van der Waals surface area contributed by atoms with E-state index in [-0.39, 0.29) is 11.4 Å². The van der Waals surface area contributed by atoms with Crippen molar-refractivity contribution < 1.29 is 9.53 Å². The third-order valence-electron chi connectivity index (χ3n) is 4.34. The Bertz CT molecular complexity index is 690. The molecule has 0 fully saturated rings. The van der Waals surface area contributed by atoms with E-state index in [1.165, 1.54) is 0 Å². The zero-order valence-electron chi connectivity index (χ0n) is 15.0. The molecule has 1 aromatic heterocycles. The van der Waals surface area contributed by atoms with Gasteiger partial charge in [-0.3, -0.25) is 4.68 Å². The molecule has 0 aliphatic rings. The minimum Gasteiger partial charge on any atom is -0.497 e. The number of aryl methyl sites for hydroxylation is 1. The highest BCUT2D eigenvalue weighted by atomic mass is 16.5. The summed E-state index contributed by atoms with van der Waals surface area (Å²) in [5.74, 6) is 0.826. The van der Waals surface area contributed by atoms with Crippen molar-refractivity contribution in [1.82, 2.24) is 20.4 Å². The summed E-state index contributed by atoms with van der Waals surface area (Å²) in [7, 11) is 3.53. The highest BCUT2D eigenvalue weighted by Gasteiger charge is 2.21. The summed E-state index contributed by atoms with van der Waals surface area (Å²) in [6.45, 7) is 7.18. The molecule has 2 amide bonds. The summed E-state index contributed by atoms with van der Waals surface area (Å²) in [4.78, 5) is 12.0. The van der Waals surface area contributed by atoms with Crippen LogP contribution in [0.25, 0.3) is 0 Å². The fourth-order valence-electron chi connectivity index (χ4n) is 2.40. The van der Waals surface area contributed by atoms with Crippen LogP contribution in [0.2, 0.25) is 0 Å². The molecule has 0 aliphatic heterocycles. The van der Waals surface area contributed by atoms with E-state index >= 15 is 0 Å². The molecule has 1 aromatic carbocycles. The molecule has 0 radical (unpaired) electrons. The van der Waals surface area contributed by atoms with Crippen LogP contribution in [-0.2, 0) is 19.0 Å². The first-order chi connectivity index (χ1) is 11.3. The molecule has 0 unspecified atom stereocenters. The van der Waals surface area contributed by atoms with Crippen molar-refractivity contribution in [2.45, 2.75) is 32.7 Å². The molecule has 0 saturated carbocycles. The number of carbonyl (C=O) groups is 1. The molecule has 0 saturated heterocycles. The lowest BCUT2D eigenvalue weighted by atomic mass is 9.84. The normalized spacial score (nSPS) is 11.2. The Morgan fingerprint density at radius 3 is 2.46 bits per heavy atom. The van der Waals surface area contributed by atoms with Gasteiger partial charge in [0.15, 0.2) is 0 Å². The number of amides is 2. The standard InChI is InChI=1S/C18H26N4O2/c1-13-14(11-21-22(13)4)10-19-17(23)20-12-18(2,3)15-6-8-16(24-5)9-7-15/h6-9,11H,10,12H2,1-5H3,(H2,19,20,23). The minimum atomic E-state index is -0.181. The molecule has 0 bridgehead atoms. The van der Waals surface area contributed by atoms with Crippen LogP contribution >= 0.6 is 0 Å². The molecular formula is C18H26N4O2. The third kappa shape index (κ3) is 4.28. The lowest BCUT2D eigenvalue weighted by Crippen LogP contribution is -2.42. The van der Waals surface area contributed by atoms with Crippen molar-refractivity contribution in [3.8, 4) is 5.75 Å². The van der Waals surface area contributed by atoms with Gasteiger partial charge in [0.2, 0.25) is 0 Å². The van der Waals surface area contributed by atoms with Gasteiger partial charge in [0.1, 0.15) is 5.75 Å². The van der Waals surface area contributed by atoms with Crippen LogP contribution in [0.5, 0.6) is 5.75 Å². The maximum absolute atomic E-state index is 12.0. The van der Waals surface area contributed by atoms with E-state index in [1.807, 2.05) is 38.2 Å². The van der Waals surface area contributed by atoms with Crippen molar-refractivity contribution in [1.29, 1.82) is 0 Å². The Balaban J connectivity index is 1.86. The number of aromatic nitrogens is 2. The number of carbonyl (C=O) groups excluding carboxylic acids is 1. The molecule has 2 rings (SSSR count). The SMILES string of the molecule is COc1ccc(C(C)(C)CNC(=O)NCc2cnn(C)c2C)cc1. The van der Waals surface area contributed by atoms with Crippen molar-refractivity contribution in [3.05, 3.63) is 47.3 Å². The van der Waals surface area contributed by atoms with Crippen LogP contribution in [0, 0.1) is 6.92 Å². The highest BCUT2D eigenvalue weighted by molar-refractivity contribution is 5.74. The number of hydrogen-bond donors (Lipinski definition) is 2. The molecule has 6 nitrogen and oxygen atoms in total. The average molecular weight is 330 g/mol. The van der Waals surface area contributed by atoms with Crippen LogP contribution in [0.1, 0.15) is 30.7 Å². The summed E-state index contributed by atoms with van der Waals surface area (Å²) < 4.78 is 6.97. The second-order valence-electron chi connectivity index (χ2n) is 6.53. The smallest absolute Gasteiger partial charge is 0.315 e. The summed E-state index contributed by atoms with van der Waals surface area (Å²) in [5, 5.41) is 9.98. The van der Waals surface area contributed by atoms with Gasteiger partial charge in [-0.25, -0.2) is 4.79 Å². The number of rotatable bonds is 6. The first-order valence-corrected chi connectivity index (χ1v) is 7.97. The van der Waals surface area contributed by atoms with Crippen molar-refractivity contribution in [2.24, 2.45) is 7.05 Å². The number of nitrogens with one attached hydrogen (secondary N) is 2. The monoisotopic (exact) mass is 330 g/mol. The second kappa shape index (κ2) is 7.38. The average Bonchev–Trinajstić information content (AvgIpc) is 2.90. The fraction of sp³-hybridized carbons (Fsp3) is 0.444. The predicted molar refractivity (Wildman–Crippen MR) is 94.2 cm³/mol. The van der Waals surface area contributed by atoms with Crippen LogP contribution in [-0.4, -0.2) is 29.5 Å². The lowest BCUT2D eigenvalue weighted by Gasteiger charge is -2.26. The summed E-state index contributed by atoms with van der Waals surface area (Å²) in [6, 6.07) is 7.74. The molecule has 0 spiro atoms. The molecule has 1 heterocycles. The molecule has 6 heteroatoms. The second-order valence-corrected chi connectivity index (χ2v) is 6.53. The minimum absolute atomic E-state index is 0.173. The molecular weight excluding hydrogens is 304 g/mol. The maximum atomic E-state index is 12.0. The molecule has 130 valence electrons. The highest BCUT2D eigenvalue weighted by Crippen LogP contribution is 2.24. The van der Waals surface area contributed by atoms with E-state index in [0.717, 1.165) is 22.6 Å². The zero-order chi connectivity index (χ0) is 17.7. The van der Waals surface area contributed by atoms with Crippen LogP contribution in [0.4, 0.5) is 4.79 Å². The molecule has 24 heavy (non-hydrogen) atoms. The van der Waals surface area contributed by atoms with E-state index < -0.39 is 0 Å². The van der Waals surface area contributed by atoms with Gasteiger partial charge in [-0.05, 0) is 24.6 Å². The van der Waals surface area contributed by atoms with Gasteiger partial charge in [-0.15, -0.1) is 0 Å². The molecule has 2 aromatic rings. The van der Waals surface area contributed by atoms with E-state index in [4.69, 9.17) is 4.74 Å². The van der Waals surface area contributed by atoms with E-state index in [0.29, 0.717) is 13.1 Å². The Labute approximate surface area is 143 Å². The predicted octanol–water partition coefficient (Wildman–Crippen LogP) is 2.51. The van der Waals surface area contributed by atoms with Gasteiger partial charge in [-0.1, -0.05) is 26.0 Å². The fourth-order valence-corrected chi connectivity index (χ4v) is 2.40. The largest absolute Gasteiger partial charge is 0.497 e. The topological polar surface area (TPSA) is 68.2 Å². The Morgan fingerprint density at radius 2 is 1.92 bits per heavy atom. The Morgan fingerprint density at radius 1 is 1.25 bits per heavy atom. The quantitative estimate of drug-likeness (QED) is 0.855. The van der Waals surface area contributed by atoms with Gasteiger partial charge in [0.05, 0.1) is 13.3 Å². The molecule has 2 N–H and O–H groups in total. The van der Waals surface area contributed by atoms with Crippen molar-refractivity contribution >= 4 is 6.03 Å². The zero-order valence-corrected chi connectivity index (χ0v) is 15.0. The lowest BCUT2D eigenvalue weighted by molar-refractivity contribution is 0.238. The van der Waals surface area contributed by atoms with Crippen molar-refractivity contribution in [3.63, 3.8) is 0 Å². The van der Waals surface area contributed by atoms with Gasteiger partial charge >= 0.3 is 6.03 Å². The maximum Gasteiger partial charge on any atom is 0.315 e. The van der Waals surface area contributed by atoms with Gasteiger partial charge in [0.25, 0.3) is 0 Å². The van der Waals surface area contributed by atoms with E-state index in [2.05, 4.69) is 29.6 Å². The number of ether oxygens (including phenoxy) is 1. The molecule has 0 atom stereocenters. The van der Waals surface area contributed by atoms with Crippen molar-refractivity contribution in [2.75, 3.05) is 13.7 Å². The first kappa shape index (κ1) is 17.8. The number of nitrogens with zero attached hydrogens (tertiary/aromatic N) is 2. The molecule has 0 aliphatic carbocycles. The summed E-state index contributed by atoms with van der Waals surface area (Å²) in [6.07, 6.45) is 1.77. The third-order valence-corrected chi connectivity index (χ3v) is 4.34. The summed E-state index contributed by atoms with van der Waals surface area (Å²) in [5.41, 5.74) is 3.04. The van der Waals surface area contributed by atoms with Crippen LogP contribution in [0.15, 0.2) is 30.5 Å². The Hall–Kier alpha value is -2.50. The van der Waals surface area contributed by atoms with E-state index in [1.54, 1.807) is 18.0 Å². The number of benzene rings is 1. The number of urea groups is 1. The number of methoxy groups -OCH3 is 1. The Kier molecular flexibility index (Phi) is 5.49. The first-order valence-electron chi connectivity index (χ1n) is 7.97. The van der Waals surface area contributed by atoms with E-state index in [9.17, 15) is 4.79 Å². The van der Waals surface area contributed by atoms with Gasteiger partial charge in [0, 0.05) is 36.8 Å². The number of hydrogen-bond acceptors (Lipinski definition) is 3. The van der Waals surface area contributed by atoms with Gasteiger partial charge < -0.3 is 15.4 Å². The van der Waals surface area contributed by atoms with Gasteiger partial charge in [-0.2, -0.15) is 5.10 Å².